The summed E-state index contributed by atoms with van der Waals surface area (Å²) in [6.07, 6.45) is 4.68. The number of nitrogens with zero attached hydrogens (tertiary/aromatic N) is 1. The van der Waals surface area contributed by atoms with E-state index in [1.807, 2.05) is 4.90 Å². The van der Waals surface area contributed by atoms with Crippen molar-refractivity contribution in [3.05, 3.63) is 0 Å². The smallest absolute Gasteiger partial charge is 0.225 e. The third-order valence-electron chi connectivity index (χ3n) is 4.49. The highest BCUT2D eigenvalue weighted by molar-refractivity contribution is 5.81. The van der Waals surface area contributed by atoms with Gasteiger partial charge in [0, 0.05) is 31.6 Å². The van der Waals surface area contributed by atoms with Gasteiger partial charge in [0.15, 0.2) is 0 Å². The molecule has 1 heterocycles. The minimum Gasteiger partial charge on any atom is -0.353 e. The number of piperidine rings is 1. The zero-order valence-corrected chi connectivity index (χ0v) is 13.3. The van der Waals surface area contributed by atoms with E-state index in [4.69, 9.17) is 5.73 Å². The molecule has 0 spiro atoms. The highest BCUT2D eigenvalue weighted by Crippen LogP contribution is 2.31. The third-order valence-corrected chi connectivity index (χ3v) is 4.49. The van der Waals surface area contributed by atoms with Crippen LogP contribution in [0.3, 0.4) is 0 Å². The first-order chi connectivity index (χ1) is 10.0. The van der Waals surface area contributed by atoms with Gasteiger partial charge >= 0.3 is 0 Å². The van der Waals surface area contributed by atoms with Crippen molar-refractivity contribution in [1.82, 2.24) is 10.2 Å². The van der Waals surface area contributed by atoms with Crippen molar-refractivity contribution in [2.45, 2.75) is 52.0 Å². The molecule has 1 saturated heterocycles. The molecule has 1 unspecified atom stereocenters. The Morgan fingerprint density at radius 2 is 1.81 bits per heavy atom. The molecule has 1 atom stereocenters. The van der Waals surface area contributed by atoms with E-state index < -0.39 is 0 Å². The Hall–Kier alpha value is -1.10. The van der Waals surface area contributed by atoms with E-state index >= 15 is 0 Å². The van der Waals surface area contributed by atoms with E-state index in [1.54, 1.807) is 0 Å². The fourth-order valence-corrected chi connectivity index (χ4v) is 3.03. The fraction of sp³-hybridized carbons (Fsp3) is 0.875. The lowest BCUT2D eigenvalue weighted by Crippen LogP contribution is -2.49. The summed E-state index contributed by atoms with van der Waals surface area (Å²) in [4.78, 5) is 26.2. The Balaban J connectivity index is 1.74. The normalized spacial score (nSPS) is 21.4. The molecule has 2 amide bonds. The van der Waals surface area contributed by atoms with E-state index in [9.17, 15) is 9.59 Å². The quantitative estimate of drug-likeness (QED) is 0.771. The maximum atomic E-state index is 12.2. The van der Waals surface area contributed by atoms with Crippen LogP contribution >= 0.6 is 0 Å². The van der Waals surface area contributed by atoms with E-state index in [1.165, 1.54) is 0 Å². The summed E-state index contributed by atoms with van der Waals surface area (Å²) in [5, 5.41) is 3.12. The zero-order valence-electron chi connectivity index (χ0n) is 13.3. The average molecular weight is 295 g/mol. The molecular weight excluding hydrogens is 266 g/mol. The molecule has 21 heavy (non-hydrogen) atoms. The molecule has 1 aliphatic heterocycles. The Bertz CT molecular complexity index is 372. The molecule has 1 saturated carbocycles. The molecule has 0 aromatic heterocycles. The van der Waals surface area contributed by atoms with Gasteiger partial charge in [-0.3, -0.25) is 9.59 Å². The van der Waals surface area contributed by atoms with Gasteiger partial charge in [0.25, 0.3) is 0 Å². The minimum absolute atomic E-state index is 0.0816. The lowest BCUT2D eigenvalue weighted by molar-refractivity contribution is -0.133. The topological polar surface area (TPSA) is 75.4 Å². The highest BCUT2D eigenvalue weighted by atomic mass is 16.2. The Labute approximate surface area is 127 Å². The second-order valence-electron chi connectivity index (χ2n) is 6.94. The summed E-state index contributed by atoms with van der Waals surface area (Å²) in [6, 6.07) is 0.196. The van der Waals surface area contributed by atoms with Crippen LogP contribution in [0.2, 0.25) is 0 Å². The van der Waals surface area contributed by atoms with Crippen molar-refractivity contribution in [2.24, 2.45) is 23.5 Å². The third kappa shape index (κ3) is 4.70. The summed E-state index contributed by atoms with van der Waals surface area (Å²) >= 11 is 0. The van der Waals surface area contributed by atoms with Gasteiger partial charge < -0.3 is 16.0 Å². The predicted octanol–water partition coefficient (Wildman–Crippen LogP) is 1.12. The van der Waals surface area contributed by atoms with Gasteiger partial charge in [-0.15, -0.1) is 0 Å². The van der Waals surface area contributed by atoms with Crippen LogP contribution < -0.4 is 11.1 Å². The van der Waals surface area contributed by atoms with Gasteiger partial charge in [-0.25, -0.2) is 0 Å². The highest BCUT2D eigenvalue weighted by Gasteiger charge is 2.35. The van der Waals surface area contributed by atoms with Crippen molar-refractivity contribution >= 4 is 11.8 Å². The van der Waals surface area contributed by atoms with Gasteiger partial charge in [-0.2, -0.15) is 0 Å². The average Bonchev–Trinajstić information content (AvgIpc) is 3.29. The largest absolute Gasteiger partial charge is 0.353 e. The molecule has 5 heteroatoms. The fourth-order valence-electron chi connectivity index (χ4n) is 3.03. The Kier molecular flexibility index (Phi) is 5.62. The predicted molar refractivity (Wildman–Crippen MR) is 82.5 cm³/mol. The Morgan fingerprint density at radius 3 is 2.29 bits per heavy atom. The number of hydrogen-bond acceptors (Lipinski definition) is 3. The van der Waals surface area contributed by atoms with Crippen LogP contribution in [-0.2, 0) is 9.59 Å². The number of hydrogen-bond donors (Lipinski definition) is 2. The number of nitrogens with two attached hydrogens (primary N) is 1. The molecule has 2 aliphatic rings. The number of carbonyl (C=O) groups excluding carboxylic acids is 2. The molecule has 2 fully saturated rings. The second kappa shape index (κ2) is 7.25. The number of amides is 2. The maximum absolute atomic E-state index is 12.2. The van der Waals surface area contributed by atoms with Crippen LogP contribution in [0.15, 0.2) is 0 Å². The maximum Gasteiger partial charge on any atom is 0.225 e. The van der Waals surface area contributed by atoms with E-state index in [2.05, 4.69) is 19.2 Å². The molecule has 0 radical (unpaired) electrons. The number of carbonyl (C=O) groups is 2. The first-order valence-corrected chi connectivity index (χ1v) is 8.30. The van der Waals surface area contributed by atoms with Crippen molar-refractivity contribution in [3.63, 3.8) is 0 Å². The SMILES string of the molecule is CC(C)CC(CN)C(=O)NC1CCN(C(=O)C2CC2)CC1. The standard InChI is InChI=1S/C16H29N3O2/c1-11(2)9-13(10-17)15(20)18-14-5-7-19(8-6-14)16(21)12-3-4-12/h11-14H,3-10,17H2,1-2H3,(H,18,20). The van der Waals surface area contributed by atoms with E-state index in [0.29, 0.717) is 24.3 Å². The number of likely N-dealkylation sites (tertiary alicyclic amines) is 1. The lowest BCUT2D eigenvalue weighted by Gasteiger charge is -2.33. The van der Waals surface area contributed by atoms with E-state index in [-0.39, 0.29) is 17.9 Å². The molecule has 120 valence electrons. The van der Waals surface area contributed by atoms with Gasteiger partial charge in [-0.1, -0.05) is 13.8 Å². The summed E-state index contributed by atoms with van der Waals surface area (Å²) in [5.74, 6) is 1.08. The summed E-state index contributed by atoms with van der Waals surface area (Å²) in [6.45, 7) is 6.17. The molecule has 3 N–H and O–H groups in total. The van der Waals surface area contributed by atoms with Crippen molar-refractivity contribution in [2.75, 3.05) is 19.6 Å². The molecule has 0 aromatic rings. The summed E-state index contributed by atoms with van der Waals surface area (Å²) in [5.41, 5.74) is 5.72. The number of nitrogens with one attached hydrogen (secondary N) is 1. The van der Waals surface area contributed by atoms with Crippen molar-refractivity contribution in [1.29, 1.82) is 0 Å². The zero-order chi connectivity index (χ0) is 15.4. The second-order valence-corrected chi connectivity index (χ2v) is 6.94. The minimum atomic E-state index is -0.0869. The molecular formula is C16H29N3O2. The molecule has 5 nitrogen and oxygen atoms in total. The summed E-state index contributed by atoms with van der Waals surface area (Å²) in [7, 11) is 0. The van der Waals surface area contributed by atoms with Gasteiger partial charge in [0.2, 0.25) is 11.8 Å². The molecule has 0 aromatic carbocycles. The van der Waals surface area contributed by atoms with Crippen LogP contribution in [-0.4, -0.2) is 42.4 Å². The monoisotopic (exact) mass is 295 g/mol. The van der Waals surface area contributed by atoms with Gasteiger partial charge in [-0.05, 0) is 38.0 Å². The first kappa shape index (κ1) is 16.3. The Morgan fingerprint density at radius 1 is 1.19 bits per heavy atom. The molecule has 0 bridgehead atoms. The van der Waals surface area contributed by atoms with Crippen LogP contribution in [0.5, 0.6) is 0 Å². The first-order valence-electron chi connectivity index (χ1n) is 8.30. The van der Waals surface area contributed by atoms with Crippen molar-refractivity contribution < 1.29 is 9.59 Å². The van der Waals surface area contributed by atoms with Crippen LogP contribution in [0.1, 0.15) is 46.0 Å². The lowest BCUT2D eigenvalue weighted by atomic mass is 9.95. The molecule has 2 rings (SSSR count). The van der Waals surface area contributed by atoms with Crippen molar-refractivity contribution in [3.8, 4) is 0 Å². The van der Waals surface area contributed by atoms with E-state index in [0.717, 1.165) is 45.2 Å². The molecule has 1 aliphatic carbocycles. The van der Waals surface area contributed by atoms with Crippen LogP contribution in [0.4, 0.5) is 0 Å². The van der Waals surface area contributed by atoms with Gasteiger partial charge in [0.1, 0.15) is 0 Å². The summed E-state index contributed by atoms with van der Waals surface area (Å²) < 4.78 is 0. The van der Waals surface area contributed by atoms with Crippen LogP contribution in [0, 0.1) is 17.8 Å². The number of rotatable bonds is 6. The van der Waals surface area contributed by atoms with Crippen LogP contribution in [0.25, 0.3) is 0 Å². The van der Waals surface area contributed by atoms with Gasteiger partial charge in [0.05, 0.1) is 5.92 Å².